The maximum absolute atomic E-state index is 13.8. The number of hydrogen-bond acceptors (Lipinski definition) is 1. The van der Waals surface area contributed by atoms with Crippen LogP contribution in [0.4, 0.5) is 22.4 Å². The highest BCUT2D eigenvalue weighted by molar-refractivity contribution is 5.66. The molecule has 1 N–H and O–H groups in total. The molecule has 0 radical (unpaired) electrons. The Hall–Kier alpha value is -1.79. The molecule has 18 heavy (non-hydrogen) atoms. The largest absolute Gasteiger partial charge is 0.465 e. The van der Waals surface area contributed by atoms with Gasteiger partial charge in [0.2, 0.25) is 0 Å². The van der Waals surface area contributed by atoms with Crippen LogP contribution in [0.15, 0.2) is 12.1 Å². The number of alkyl halides is 1. The number of rotatable bonds is 2. The fourth-order valence-corrected chi connectivity index (χ4v) is 1.91. The van der Waals surface area contributed by atoms with Crippen LogP contribution in [0.5, 0.6) is 0 Å². The molecule has 1 aliphatic heterocycles. The normalized spacial score (nSPS) is 17.4. The van der Waals surface area contributed by atoms with Gasteiger partial charge in [-0.05, 0) is 0 Å². The highest BCUT2D eigenvalue weighted by Crippen LogP contribution is 2.36. The zero-order chi connectivity index (χ0) is 13.4. The molecule has 1 aromatic carbocycles. The molecule has 1 fully saturated rings. The van der Waals surface area contributed by atoms with E-state index in [1.54, 1.807) is 0 Å². The number of carbonyl (C=O) groups is 1. The van der Waals surface area contributed by atoms with Gasteiger partial charge in [0.15, 0.2) is 0 Å². The van der Waals surface area contributed by atoms with Crippen molar-refractivity contribution < 1.29 is 27.5 Å². The van der Waals surface area contributed by atoms with Crippen molar-refractivity contribution >= 4 is 6.09 Å². The van der Waals surface area contributed by atoms with Crippen LogP contribution < -0.4 is 0 Å². The van der Waals surface area contributed by atoms with Crippen LogP contribution in [0.25, 0.3) is 0 Å². The maximum Gasteiger partial charge on any atom is 0.407 e. The second-order valence-corrected chi connectivity index (χ2v) is 4.13. The molecule has 3 nitrogen and oxygen atoms in total. The van der Waals surface area contributed by atoms with Crippen molar-refractivity contribution in [3.05, 3.63) is 35.1 Å². The highest BCUT2D eigenvalue weighted by atomic mass is 19.2. The lowest BCUT2D eigenvalue weighted by atomic mass is 9.90. The SMILES string of the molecule is O=C(O)N1CC(C(F)c2c(F)cc(F)cc2F)C1. The van der Waals surface area contributed by atoms with Crippen LogP contribution in [-0.4, -0.2) is 29.2 Å². The molecule has 0 aromatic heterocycles. The molecule has 0 aliphatic carbocycles. The fourth-order valence-electron chi connectivity index (χ4n) is 1.91. The van der Waals surface area contributed by atoms with E-state index < -0.39 is 41.2 Å². The molecule has 1 saturated heterocycles. The minimum absolute atomic E-state index is 0.132. The number of nitrogens with zero attached hydrogens (tertiary/aromatic N) is 1. The molecular formula is C11H9F4NO2. The summed E-state index contributed by atoms with van der Waals surface area (Å²) in [6.07, 6.45) is -3.19. The topological polar surface area (TPSA) is 40.5 Å². The van der Waals surface area contributed by atoms with Gasteiger partial charge in [-0.25, -0.2) is 22.4 Å². The zero-order valence-corrected chi connectivity index (χ0v) is 9.04. The Labute approximate surface area is 99.6 Å². The van der Waals surface area contributed by atoms with E-state index in [1.807, 2.05) is 0 Å². The minimum atomic E-state index is -1.98. The van der Waals surface area contributed by atoms with E-state index >= 15 is 0 Å². The summed E-state index contributed by atoms with van der Waals surface area (Å²) in [4.78, 5) is 11.4. The summed E-state index contributed by atoms with van der Waals surface area (Å²) in [7, 11) is 0. The molecule has 1 aromatic rings. The quantitative estimate of drug-likeness (QED) is 0.833. The van der Waals surface area contributed by atoms with Gasteiger partial charge in [-0.3, -0.25) is 0 Å². The number of likely N-dealkylation sites (tertiary alicyclic amines) is 1. The summed E-state index contributed by atoms with van der Waals surface area (Å²) in [5.74, 6) is -4.53. The highest BCUT2D eigenvalue weighted by Gasteiger charge is 2.39. The third-order valence-electron chi connectivity index (χ3n) is 2.91. The van der Waals surface area contributed by atoms with Gasteiger partial charge in [0.25, 0.3) is 0 Å². The van der Waals surface area contributed by atoms with Gasteiger partial charge < -0.3 is 10.0 Å². The van der Waals surface area contributed by atoms with Gasteiger partial charge in [-0.1, -0.05) is 0 Å². The second kappa shape index (κ2) is 4.47. The lowest BCUT2D eigenvalue weighted by Gasteiger charge is -2.38. The lowest BCUT2D eigenvalue weighted by molar-refractivity contribution is 0.0384. The molecular weight excluding hydrogens is 254 g/mol. The number of benzene rings is 1. The van der Waals surface area contributed by atoms with Crippen molar-refractivity contribution in [3.63, 3.8) is 0 Å². The monoisotopic (exact) mass is 263 g/mol. The van der Waals surface area contributed by atoms with E-state index in [9.17, 15) is 22.4 Å². The summed E-state index contributed by atoms with van der Waals surface area (Å²) in [6.45, 7) is -0.264. The number of hydrogen-bond donors (Lipinski definition) is 1. The molecule has 1 heterocycles. The number of amides is 1. The zero-order valence-electron chi connectivity index (χ0n) is 9.04. The summed E-state index contributed by atoms with van der Waals surface area (Å²) in [6, 6.07) is 0.803. The van der Waals surface area contributed by atoms with Crippen molar-refractivity contribution in [1.29, 1.82) is 0 Å². The van der Waals surface area contributed by atoms with Crippen LogP contribution in [0.3, 0.4) is 0 Å². The minimum Gasteiger partial charge on any atom is -0.465 e. The molecule has 1 aliphatic rings. The molecule has 1 amide bonds. The van der Waals surface area contributed by atoms with Gasteiger partial charge in [0.1, 0.15) is 23.6 Å². The first-order chi connectivity index (χ1) is 8.40. The average molecular weight is 263 g/mol. The molecule has 0 bridgehead atoms. The number of carboxylic acid groups (broad SMARTS) is 1. The maximum atomic E-state index is 13.8. The van der Waals surface area contributed by atoms with E-state index in [2.05, 4.69) is 0 Å². The average Bonchev–Trinajstić information content (AvgIpc) is 2.11. The fraction of sp³-hybridized carbons (Fsp3) is 0.364. The predicted molar refractivity (Wildman–Crippen MR) is 53.3 cm³/mol. The Balaban J connectivity index is 2.16. The third kappa shape index (κ3) is 2.12. The Kier molecular flexibility index (Phi) is 3.14. The summed E-state index contributed by atoms with van der Waals surface area (Å²) < 4.78 is 53.1. The van der Waals surface area contributed by atoms with Crippen molar-refractivity contribution in [2.24, 2.45) is 5.92 Å². The van der Waals surface area contributed by atoms with Crippen LogP contribution in [0, 0.1) is 23.4 Å². The van der Waals surface area contributed by atoms with Crippen LogP contribution in [-0.2, 0) is 0 Å². The van der Waals surface area contributed by atoms with E-state index in [-0.39, 0.29) is 13.1 Å². The summed E-state index contributed by atoms with van der Waals surface area (Å²) >= 11 is 0. The van der Waals surface area contributed by atoms with E-state index in [0.29, 0.717) is 12.1 Å². The molecule has 1 atom stereocenters. The Morgan fingerprint density at radius 3 is 2.22 bits per heavy atom. The number of halogens is 4. The Morgan fingerprint density at radius 1 is 1.28 bits per heavy atom. The lowest BCUT2D eigenvalue weighted by Crippen LogP contribution is -2.51. The first-order valence-electron chi connectivity index (χ1n) is 5.16. The van der Waals surface area contributed by atoms with Gasteiger partial charge in [0.05, 0.1) is 5.56 Å². The molecule has 1 unspecified atom stereocenters. The van der Waals surface area contributed by atoms with E-state index in [0.717, 1.165) is 4.90 Å². The third-order valence-corrected chi connectivity index (χ3v) is 2.91. The van der Waals surface area contributed by atoms with Gasteiger partial charge >= 0.3 is 6.09 Å². The summed E-state index contributed by atoms with van der Waals surface area (Å²) in [5.41, 5.74) is -0.841. The van der Waals surface area contributed by atoms with Crippen molar-refractivity contribution in [2.75, 3.05) is 13.1 Å². The molecule has 98 valence electrons. The predicted octanol–water partition coefficient (Wildman–Crippen LogP) is 2.72. The van der Waals surface area contributed by atoms with Gasteiger partial charge in [0, 0.05) is 31.1 Å². The standard InChI is InChI=1S/C11H9F4NO2/c12-6-1-7(13)9(8(14)2-6)10(15)5-3-16(4-5)11(17)18/h1-2,5,10H,3-4H2,(H,17,18). The molecule has 7 heteroatoms. The summed E-state index contributed by atoms with van der Waals surface area (Å²) in [5, 5.41) is 8.55. The van der Waals surface area contributed by atoms with E-state index in [4.69, 9.17) is 5.11 Å². The van der Waals surface area contributed by atoms with Gasteiger partial charge in [-0.2, -0.15) is 0 Å². The molecule has 0 saturated carbocycles. The van der Waals surface area contributed by atoms with Crippen LogP contribution in [0.1, 0.15) is 11.7 Å². The van der Waals surface area contributed by atoms with Gasteiger partial charge in [-0.15, -0.1) is 0 Å². The first-order valence-corrected chi connectivity index (χ1v) is 5.16. The first kappa shape index (κ1) is 12.7. The molecule has 0 spiro atoms. The second-order valence-electron chi connectivity index (χ2n) is 4.13. The van der Waals surface area contributed by atoms with Crippen LogP contribution >= 0.6 is 0 Å². The molecule has 2 rings (SSSR count). The Bertz CT molecular complexity index is 465. The van der Waals surface area contributed by atoms with Crippen LogP contribution in [0.2, 0.25) is 0 Å². The Morgan fingerprint density at radius 2 is 1.78 bits per heavy atom. The van der Waals surface area contributed by atoms with Crippen molar-refractivity contribution in [1.82, 2.24) is 4.90 Å². The smallest absolute Gasteiger partial charge is 0.407 e. The van der Waals surface area contributed by atoms with Crippen molar-refractivity contribution in [3.8, 4) is 0 Å². The van der Waals surface area contributed by atoms with E-state index in [1.165, 1.54) is 0 Å². The van der Waals surface area contributed by atoms with Crippen molar-refractivity contribution in [2.45, 2.75) is 6.17 Å².